The van der Waals surface area contributed by atoms with Gasteiger partial charge in [-0.1, -0.05) is 6.07 Å². The number of hydrogen-bond acceptors (Lipinski definition) is 3. The summed E-state index contributed by atoms with van der Waals surface area (Å²) in [6.07, 6.45) is 1.34. The van der Waals surface area contributed by atoms with Crippen molar-refractivity contribution in [2.45, 2.75) is 18.4 Å². The van der Waals surface area contributed by atoms with Gasteiger partial charge < -0.3 is 10.2 Å². The van der Waals surface area contributed by atoms with E-state index in [1.165, 1.54) is 23.5 Å². The first kappa shape index (κ1) is 12.8. The molecule has 4 rings (SSSR count). The standard InChI is InChI=1S/C15H13FN2O2S/c16-10-2-1-9-5-12(21-11(9)6-10)14(20)18-7-15(8-18)4-3-13(19)17-15/h1-2,5-6H,3-4,7-8H2,(H,17,19). The molecule has 0 bridgehead atoms. The van der Waals surface area contributed by atoms with Crippen LogP contribution in [0.2, 0.25) is 0 Å². The second-order valence-corrected chi connectivity index (χ2v) is 6.87. The number of fused-ring (bicyclic) bond motifs is 1. The molecule has 6 heteroatoms. The zero-order valence-electron chi connectivity index (χ0n) is 11.2. The van der Waals surface area contributed by atoms with E-state index in [-0.39, 0.29) is 23.2 Å². The van der Waals surface area contributed by atoms with Gasteiger partial charge in [-0.15, -0.1) is 11.3 Å². The number of thiophene rings is 1. The van der Waals surface area contributed by atoms with Gasteiger partial charge >= 0.3 is 0 Å². The third-order valence-corrected chi connectivity index (χ3v) is 5.29. The average Bonchev–Trinajstić information content (AvgIpc) is 2.99. The lowest BCUT2D eigenvalue weighted by Crippen LogP contribution is -2.68. The van der Waals surface area contributed by atoms with Gasteiger partial charge in [-0.05, 0) is 30.0 Å². The fraction of sp³-hybridized carbons (Fsp3) is 0.333. The van der Waals surface area contributed by atoms with E-state index < -0.39 is 0 Å². The number of carbonyl (C=O) groups excluding carboxylic acids is 2. The van der Waals surface area contributed by atoms with Gasteiger partial charge in [-0.2, -0.15) is 0 Å². The largest absolute Gasteiger partial charge is 0.347 e. The van der Waals surface area contributed by atoms with Gasteiger partial charge in [0.1, 0.15) is 5.82 Å². The Hall–Kier alpha value is -1.95. The van der Waals surface area contributed by atoms with Gasteiger partial charge in [0.25, 0.3) is 5.91 Å². The molecule has 1 aromatic heterocycles. The highest BCUT2D eigenvalue weighted by atomic mass is 32.1. The molecule has 0 saturated carbocycles. The van der Waals surface area contributed by atoms with Crippen LogP contribution in [0.15, 0.2) is 24.3 Å². The van der Waals surface area contributed by atoms with Crippen LogP contribution in [-0.2, 0) is 4.79 Å². The minimum Gasteiger partial charge on any atom is -0.347 e. The molecule has 4 nitrogen and oxygen atoms in total. The molecule has 3 heterocycles. The predicted octanol–water partition coefficient (Wildman–Crippen LogP) is 2.15. The lowest BCUT2D eigenvalue weighted by molar-refractivity contribution is -0.120. The zero-order valence-corrected chi connectivity index (χ0v) is 12.0. The minimum absolute atomic E-state index is 0.0385. The molecule has 1 aromatic carbocycles. The Morgan fingerprint density at radius 2 is 2.14 bits per heavy atom. The first-order chi connectivity index (χ1) is 10.0. The van der Waals surface area contributed by atoms with Crippen molar-refractivity contribution in [3.63, 3.8) is 0 Å². The van der Waals surface area contributed by atoms with E-state index in [9.17, 15) is 14.0 Å². The van der Waals surface area contributed by atoms with Gasteiger partial charge in [0.15, 0.2) is 0 Å². The van der Waals surface area contributed by atoms with E-state index in [0.717, 1.165) is 16.5 Å². The van der Waals surface area contributed by atoms with E-state index in [0.29, 0.717) is 24.4 Å². The highest BCUT2D eigenvalue weighted by molar-refractivity contribution is 7.20. The van der Waals surface area contributed by atoms with Gasteiger partial charge in [-0.3, -0.25) is 9.59 Å². The van der Waals surface area contributed by atoms with Crippen LogP contribution in [-0.4, -0.2) is 35.3 Å². The van der Waals surface area contributed by atoms with Gasteiger partial charge in [0.05, 0.1) is 10.4 Å². The van der Waals surface area contributed by atoms with E-state index in [2.05, 4.69) is 5.32 Å². The second kappa shape index (κ2) is 4.27. The van der Waals surface area contributed by atoms with Crippen molar-refractivity contribution in [3.05, 3.63) is 35.0 Å². The van der Waals surface area contributed by atoms with Gasteiger partial charge in [0.2, 0.25) is 5.91 Å². The monoisotopic (exact) mass is 304 g/mol. The maximum atomic E-state index is 13.2. The molecule has 1 spiro atoms. The molecule has 2 aliphatic heterocycles. The van der Waals surface area contributed by atoms with E-state index in [1.807, 2.05) is 0 Å². The van der Waals surface area contributed by atoms with Crippen LogP contribution in [0.5, 0.6) is 0 Å². The summed E-state index contributed by atoms with van der Waals surface area (Å²) in [5.41, 5.74) is -0.199. The summed E-state index contributed by atoms with van der Waals surface area (Å²) in [5.74, 6) is -0.261. The number of nitrogens with one attached hydrogen (secondary N) is 1. The number of benzene rings is 1. The summed E-state index contributed by atoms with van der Waals surface area (Å²) < 4.78 is 14.0. The molecule has 2 fully saturated rings. The van der Waals surface area contributed by atoms with Crippen LogP contribution < -0.4 is 5.32 Å². The van der Waals surface area contributed by atoms with Gasteiger partial charge in [-0.25, -0.2) is 4.39 Å². The zero-order chi connectivity index (χ0) is 14.6. The van der Waals surface area contributed by atoms with Crippen LogP contribution in [0, 0.1) is 5.82 Å². The molecule has 0 atom stereocenters. The van der Waals surface area contributed by atoms with Gasteiger partial charge in [0, 0.05) is 24.2 Å². The van der Waals surface area contributed by atoms with Crippen LogP contribution in [0.1, 0.15) is 22.5 Å². The number of likely N-dealkylation sites (tertiary alicyclic amines) is 1. The van der Waals surface area contributed by atoms with Crippen LogP contribution >= 0.6 is 11.3 Å². The van der Waals surface area contributed by atoms with Crippen molar-refractivity contribution in [1.82, 2.24) is 10.2 Å². The highest BCUT2D eigenvalue weighted by Gasteiger charge is 2.49. The van der Waals surface area contributed by atoms with Crippen molar-refractivity contribution in [1.29, 1.82) is 0 Å². The number of amides is 2. The summed E-state index contributed by atoms with van der Waals surface area (Å²) in [7, 11) is 0. The van der Waals surface area contributed by atoms with Crippen molar-refractivity contribution >= 4 is 33.2 Å². The van der Waals surface area contributed by atoms with Crippen molar-refractivity contribution in [3.8, 4) is 0 Å². The fourth-order valence-corrected chi connectivity index (χ4v) is 4.16. The highest BCUT2D eigenvalue weighted by Crippen LogP contribution is 2.34. The summed E-state index contributed by atoms with van der Waals surface area (Å²) in [6, 6.07) is 6.34. The van der Waals surface area contributed by atoms with Crippen LogP contribution in [0.25, 0.3) is 10.1 Å². The topological polar surface area (TPSA) is 49.4 Å². The van der Waals surface area contributed by atoms with Crippen LogP contribution in [0.3, 0.4) is 0 Å². The van der Waals surface area contributed by atoms with E-state index in [1.54, 1.807) is 17.0 Å². The maximum Gasteiger partial charge on any atom is 0.264 e. The smallest absolute Gasteiger partial charge is 0.264 e. The fourth-order valence-electron chi connectivity index (χ4n) is 3.10. The lowest BCUT2D eigenvalue weighted by Gasteiger charge is -2.47. The summed E-state index contributed by atoms with van der Waals surface area (Å²) in [4.78, 5) is 26.1. The Balaban J connectivity index is 1.53. The Morgan fingerprint density at radius 3 is 2.86 bits per heavy atom. The Kier molecular flexibility index (Phi) is 2.60. The molecule has 2 aromatic rings. The Labute approximate surface area is 124 Å². The molecule has 0 unspecified atom stereocenters. The minimum atomic E-state index is -0.292. The molecular weight excluding hydrogens is 291 g/mol. The number of halogens is 1. The number of nitrogens with zero attached hydrogens (tertiary/aromatic N) is 1. The summed E-state index contributed by atoms with van der Waals surface area (Å²) in [6.45, 7) is 1.14. The molecule has 108 valence electrons. The quantitative estimate of drug-likeness (QED) is 0.877. The first-order valence-electron chi connectivity index (χ1n) is 6.84. The molecule has 0 aliphatic carbocycles. The summed E-state index contributed by atoms with van der Waals surface area (Å²) >= 11 is 1.31. The third-order valence-electron chi connectivity index (χ3n) is 4.20. The maximum absolute atomic E-state index is 13.2. The first-order valence-corrected chi connectivity index (χ1v) is 7.66. The van der Waals surface area contributed by atoms with E-state index >= 15 is 0 Å². The van der Waals surface area contributed by atoms with Crippen molar-refractivity contribution in [2.24, 2.45) is 0 Å². The van der Waals surface area contributed by atoms with Crippen LogP contribution in [0.4, 0.5) is 4.39 Å². The molecule has 2 saturated heterocycles. The van der Waals surface area contributed by atoms with Crippen molar-refractivity contribution in [2.75, 3.05) is 13.1 Å². The predicted molar refractivity (Wildman–Crippen MR) is 77.8 cm³/mol. The normalized spacial score (nSPS) is 19.9. The number of rotatable bonds is 1. The van der Waals surface area contributed by atoms with E-state index in [4.69, 9.17) is 0 Å². The Bertz CT molecular complexity index is 764. The summed E-state index contributed by atoms with van der Waals surface area (Å²) in [5, 5.41) is 3.84. The molecule has 21 heavy (non-hydrogen) atoms. The number of hydrogen-bond donors (Lipinski definition) is 1. The second-order valence-electron chi connectivity index (χ2n) is 5.78. The Morgan fingerprint density at radius 1 is 1.33 bits per heavy atom. The molecule has 2 amide bonds. The SMILES string of the molecule is O=C1CCC2(CN(C(=O)c3cc4ccc(F)cc4s3)C2)N1. The molecule has 1 N–H and O–H groups in total. The lowest BCUT2D eigenvalue weighted by atomic mass is 9.88. The molecular formula is C15H13FN2O2S. The van der Waals surface area contributed by atoms with Crippen molar-refractivity contribution < 1.29 is 14.0 Å². The number of carbonyl (C=O) groups is 2. The third kappa shape index (κ3) is 2.01. The molecule has 0 radical (unpaired) electrons. The average molecular weight is 304 g/mol. The molecule has 2 aliphatic rings.